The molecule has 0 aliphatic rings. The summed E-state index contributed by atoms with van der Waals surface area (Å²) in [6.07, 6.45) is 32.4. The number of carboxylic acid groups (broad SMARTS) is 1. The van der Waals surface area contributed by atoms with E-state index in [-0.39, 0.29) is 0 Å². The molecule has 0 saturated carbocycles. The molecule has 0 aliphatic heterocycles. The summed E-state index contributed by atoms with van der Waals surface area (Å²) in [5, 5.41) is 10.1. The average Bonchev–Trinajstić information content (AvgIpc) is 2.79. The third-order valence-corrected chi connectivity index (χ3v) is 7.14. The monoisotopic (exact) mass is 450 g/mol. The van der Waals surface area contributed by atoms with Crippen LogP contribution in [0.5, 0.6) is 0 Å². The van der Waals surface area contributed by atoms with Crippen molar-refractivity contribution in [3.8, 4) is 0 Å². The molecule has 0 rings (SSSR count). The Balaban J connectivity index is 4.04. The number of hydrogen-bond acceptors (Lipinski definition) is 1. The molecule has 2 nitrogen and oxygen atoms in total. The normalized spacial score (nSPS) is 13.6. The minimum absolute atomic E-state index is 0.461. The molecule has 0 fully saturated rings. The molecule has 32 heavy (non-hydrogen) atoms. The SMILES string of the molecule is CCCCCCCC/C=C\CCCCCCC(CCCC)(CCCCCCCC)C(=O)O. The Morgan fingerprint density at radius 1 is 0.531 bits per heavy atom. The second-order valence-corrected chi connectivity index (χ2v) is 10.2. The molecule has 190 valence electrons. The molecule has 0 heterocycles. The van der Waals surface area contributed by atoms with Crippen LogP contribution in [0.1, 0.15) is 168 Å². The van der Waals surface area contributed by atoms with E-state index in [9.17, 15) is 9.90 Å². The predicted octanol–water partition coefficient (Wildman–Crippen LogP) is 10.6. The van der Waals surface area contributed by atoms with E-state index in [0.29, 0.717) is 0 Å². The first-order valence-electron chi connectivity index (χ1n) is 14.5. The maximum absolute atomic E-state index is 12.2. The Bertz CT molecular complexity index is 429. The summed E-state index contributed by atoms with van der Waals surface area (Å²) in [5.74, 6) is -0.530. The van der Waals surface area contributed by atoms with Crippen molar-refractivity contribution in [3.63, 3.8) is 0 Å². The standard InChI is InChI=1S/C30H58O2/c1-4-7-10-12-14-15-16-17-18-19-20-21-23-25-28-30(29(31)32,26-9-6-3)27-24-22-13-11-8-5-2/h17-18H,4-16,19-28H2,1-3H3,(H,31,32)/b18-17-. The van der Waals surface area contributed by atoms with Gasteiger partial charge in [-0.3, -0.25) is 4.79 Å². The fourth-order valence-electron chi connectivity index (χ4n) is 4.81. The largest absolute Gasteiger partial charge is 0.481 e. The Morgan fingerprint density at radius 2 is 0.875 bits per heavy atom. The maximum atomic E-state index is 12.2. The van der Waals surface area contributed by atoms with Crippen LogP contribution in [0.3, 0.4) is 0 Å². The van der Waals surface area contributed by atoms with Crippen LogP contribution >= 0.6 is 0 Å². The van der Waals surface area contributed by atoms with Gasteiger partial charge >= 0.3 is 5.97 Å². The number of aliphatic carboxylic acids is 1. The van der Waals surface area contributed by atoms with E-state index < -0.39 is 11.4 Å². The van der Waals surface area contributed by atoms with E-state index in [2.05, 4.69) is 32.9 Å². The zero-order valence-electron chi connectivity index (χ0n) is 22.3. The van der Waals surface area contributed by atoms with Gasteiger partial charge in [-0.1, -0.05) is 136 Å². The molecule has 0 spiro atoms. The molecule has 0 aliphatic carbocycles. The highest BCUT2D eigenvalue weighted by Gasteiger charge is 2.36. The van der Waals surface area contributed by atoms with Crippen molar-refractivity contribution in [3.05, 3.63) is 12.2 Å². The van der Waals surface area contributed by atoms with Crippen LogP contribution in [0.15, 0.2) is 12.2 Å². The second-order valence-electron chi connectivity index (χ2n) is 10.2. The summed E-state index contributed by atoms with van der Waals surface area (Å²) in [4.78, 5) is 12.2. The van der Waals surface area contributed by atoms with Gasteiger partial charge in [-0.25, -0.2) is 0 Å². The summed E-state index contributed by atoms with van der Waals surface area (Å²) in [6, 6.07) is 0. The third-order valence-electron chi connectivity index (χ3n) is 7.14. The van der Waals surface area contributed by atoms with Crippen molar-refractivity contribution in [1.82, 2.24) is 0 Å². The summed E-state index contributed by atoms with van der Waals surface area (Å²) >= 11 is 0. The molecule has 0 saturated heterocycles. The Morgan fingerprint density at radius 3 is 1.28 bits per heavy atom. The summed E-state index contributed by atoms with van der Waals surface area (Å²) in [7, 11) is 0. The number of rotatable bonds is 25. The molecule has 0 aromatic heterocycles. The lowest BCUT2D eigenvalue weighted by Gasteiger charge is -2.30. The Kier molecular flexibility index (Phi) is 22.8. The lowest BCUT2D eigenvalue weighted by molar-refractivity contribution is -0.150. The van der Waals surface area contributed by atoms with Crippen LogP contribution in [-0.2, 0) is 4.79 Å². The van der Waals surface area contributed by atoms with Gasteiger partial charge in [-0.2, -0.15) is 0 Å². The zero-order chi connectivity index (χ0) is 23.8. The first kappa shape index (κ1) is 31.2. The van der Waals surface area contributed by atoms with Crippen LogP contribution < -0.4 is 0 Å². The Hall–Kier alpha value is -0.790. The van der Waals surface area contributed by atoms with Gasteiger partial charge in [0.05, 0.1) is 5.41 Å². The van der Waals surface area contributed by atoms with Gasteiger partial charge in [0.15, 0.2) is 0 Å². The van der Waals surface area contributed by atoms with Crippen molar-refractivity contribution in [2.75, 3.05) is 0 Å². The number of carboxylic acids is 1. The topological polar surface area (TPSA) is 37.3 Å². The van der Waals surface area contributed by atoms with E-state index >= 15 is 0 Å². The highest BCUT2D eigenvalue weighted by Crippen LogP contribution is 2.37. The minimum atomic E-state index is -0.530. The molecule has 2 heteroatoms. The zero-order valence-corrected chi connectivity index (χ0v) is 22.3. The van der Waals surface area contributed by atoms with Crippen LogP contribution in [-0.4, -0.2) is 11.1 Å². The number of carbonyl (C=O) groups is 1. The molecule has 0 aromatic carbocycles. The third kappa shape index (κ3) is 17.7. The lowest BCUT2D eigenvalue weighted by Crippen LogP contribution is -2.31. The van der Waals surface area contributed by atoms with Gasteiger partial charge < -0.3 is 5.11 Å². The minimum Gasteiger partial charge on any atom is -0.481 e. The van der Waals surface area contributed by atoms with Crippen molar-refractivity contribution < 1.29 is 9.90 Å². The van der Waals surface area contributed by atoms with Gasteiger partial charge in [0, 0.05) is 0 Å². The molecular formula is C30H58O2. The van der Waals surface area contributed by atoms with Gasteiger partial charge in [-0.15, -0.1) is 0 Å². The molecule has 1 unspecified atom stereocenters. The lowest BCUT2D eigenvalue weighted by atomic mass is 9.74. The molecule has 0 amide bonds. The van der Waals surface area contributed by atoms with E-state index in [1.165, 1.54) is 103 Å². The van der Waals surface area contributed by atoms with Crippen molar-refractivity contribution in [2.24, 2.45) is 5.41 Å². The van der Waals surface area contributed by atoms with Crippen LogP contribution in [0, 0.1) is 5.41 Å². The fraction of sp³-hybridized carbons (Fsp3) is 0.900. The smallest absolute Gasteiger partial charge is 0.309 e. The summed E-state index contributed by atoms with van der Waals surface area (Å²) in [5.41, 5.74) is -0.461. The van der Waals surface area contributed by atoms with Crippen LogP contribution in [0.4, 0.5) is 0 Å². The van der Waals surface area contributed by atoms with E-state index in [0.717, 1.165) is 44.9 Å². The van der Waals surface area contributed by atoms with Crippen LogP contribution in [0.25, 0.3) is 0 Å². The predicted molar refractivity (Wildman–Crippen MR) is 142 cm³/mol. The summed E-state index contributed by atoms with van der Waals surface area (Å²) in [6.45, 7) is 6.69. The quantitative estimate of drug-likeness (QED) is 0.111. The highest BCUT2D eigenvalue weighted by molar-refractivity contribution is 5.74. The summed E-state index contributed by atoms with van der Waals surface area (Å²) < 4.78 is 0. The molecular weight excluding hydrogens is 392 g/mol. The maximum Gasteiger partial charge on any atom is 0.309 e. The molecule has 0 aromatic rings. The molecule has 1 atom stereocenters. The van der Waals surface area contributed by atoms with Crippen molar-refractivity contribution in [1.29, 1.82) is 0 Å². The van der Waals surface area contributed by atoms with Gasteiger partial charge in [0.1, 0.15) is 0 Å². The fourth-order valence-corrected chi connectivity index (χ4v) is 4.81. The highest BCUT2D eigenvalue weighted by atomic mass is 16.4. The van der Waals surface area contributed by atoms with E-state index in [1.807, 2.05) is 0 Å². The number of hydrogen-bond donors (Lipinski definition) is 1. The number of unbranched alkanes of at least 4 members (excludes halogenated alkanes) is 16. The van der Waals surface area contributed by atoms with Gasteiger partial charge in [0.25, 0.3) is 0 Å². The molecule has 0 bridgehead atoms. The first-order chi connectivity index (χ1) is 15.6. The van der Waals surface area contributed by atoms with Crippen molar-refractivity contribution in [2.45, 2.75) is 168 Å². The van der Waals surface area contributed by atoms with Crippen LogP contribution in [0.2, 0.25) is 0 Å². The first-order valence-corrected chi connectivity index (χ1v) is 14.5. The molecule has 0 radical (unpaired) electrons. The van der Waals surface area contributed by atoms with Gasteiger partial charge in [-0.05, 0) is 44.9 Å². The average molecular weight is 451 g/mol. The Labute approximate surface area is 202 Å². The molecule has 1 N–H and O–H groups in total. The van der Waals surface area contributed by atoms with E-state index in [1.54, 1.807) is 0 Å². The van der Waals surface area contributed by atoms with Gasteiger partial charge in [0.2, 0.25) is 0 Å². The van der Waals surface area contributed by atoms with Crippen molar-refractivity contribution >= 4 is 5.97 Å². The second kappa shape index (κ2) is 23.4. The van der Waals surface area contributed by atoms with E-state index in [4.69, 9.17) is 0 Å². The number of allylic oxidation sites excluding steroid dienone is 2.